The van der Waals surface area contributed by atoms with Crippen molar-refractivity contribution in [2.45, 2.75) is 77.0 Å². The van der Waals surface area contributed by atoms with Crippen molar-refractivity contribution < 1.29 is 0 Å². The molecule has 23 heavy (non-hydrogen) atoms. The molecule has 0 amide bonds. The van der Waals surface area contributed by atoms with E-state index in [4.69, 9.17) is 0 Å². The van der Waals surface area contributed by atoms with Crippen LogP contribution in [0.1, 0.15) is 58.7 Å². The van der Waals surface area contributed by atoms with Crippen LogP contribution in [0.2, 0.25) is 0 Å². The van der Waals surface area contributed by atoms with Crippen LogP contribution in [0.4, 0.5) is 0 Å². The number of hydrogen-bond donors (Lipinski definition) is 0. The third-order valence-electron chi connectivity index (χ3n) is 5.83. The van der Waals surface area contributed by atoms with Crippen molar-refractivity contribution in [3.05, 3.63) is 12.2 Å². The summed E-state index contributed by atoms with van der Waals surface area (Å²) in [5, 5.41) is 4.45. The third kappa shape index (κ3) is 3.18. The molecule has 5 heteroatoms. The zero-order chi connectivity index (χ0) is 16.0. The van der Waals surface area contributed by atoms with Crippen molar-refractivity contribution in [2.75, 3.05) is 19.6 Å². The van der Waals surface area contributed by atoms with E-state index in [0.717, 1.165) is 30.4 Å². The van der Waals surface area contributed by atoms with Crippen LogP contribution in [0.15, 0.2) is 6.33 Å². The summed E-state index contributed by atoms with van der Waals surface area (Å²) in [6.45, 7) is 11.4. The van der Waals surface area contributed by atoms with E-state index < -0.39 is 0 Å². The van der Waals surface area contributed by atoms with Crippen LogP contribution in [0, 0.1) is 5.92 Å². The lowest BCUT2D eigenvalue weighted by Gasteiger charge is -2.47. The molecule has 0 spiro atoms. The second-order valence-electron chi connectivity index (χ2n) is 8.72. The van der Waals surface area contributed by atoms with Crippen molar-refractivity contribution in [1.82, 2.24) is 24.6 Å². The molecular formula is C18H31N5. The van der Waals surface area contributed by atoms with Gasteiger partial charge in [-0.25, -0.2) is 9.67 Å². The summed E-state index contributed by atoms with van der Waals surface area (Å²) < 4.78 is 2.09. The predicted octanol–water partition coefficient (Wildman–Crippen LogP) is 2.48. The molecule has 0 radical (unpaired) electrons. The molecule has 3 aliphatic rings. The third-order valence-corrected chi connectivity index (χ3v) is 5.83. The normalized spacial score (nSPS) is 30.4. The summed E-state index contributed by atoms with van der Waals surface area (Å²) in [6.07, 6.45) is 8.75. The van der Waals surface area contributed by atoms with Crippen LogP contribution in [-0.2, 0) is 12.1 Å². The van der Waals surface area contributed by atoms with Crippen LogP contribution in [-0.4, -0.2) is 56.3 Å². The van der Waals surface area contributed by atoms with Gasteiger partial charge in [0.25, 0.3) is 0 Å². The van der Waals surface area contributed by atoms with Crippen molar-refractivity contribution >= 4 is 0 Å². The number of aromatic nitrogens is 3. The van der Waals surface area contributed by atoms with Gasteiger partial charge in [-0.1, -0.05) is 0 Å². The van der Waals surface area contributed by atoms with Crippen LogP contribution in [0.5, 0.6) is 0 Å². The summed E-state index contributed by atoms with van der Waals surface area (Å²) in [5.74, 6) is 1.98. The standard InChI is InChI=1S/C18H31N5/c1-18(2,3)23-17(19-13-20-23)12-21-10-8-16-14(11-21)5-4-9-22(16)15-6-7-15/h13-16H,4-12H2,1-3H3/t14-,16+/m1/s1. The summed E-state index contributed by atoms with van der Waals surface area (Å²) in [5.41, 5.74) is 0.0117. The maximum atomic E-state index is 4.53. The largest absolute Gasteiger partial charge is 0.297 e. The van der Waals surface area contributed by atoms with E-state index >= 15 is 0 Å². The van der Waals surface area contributed by atoms with Gasteiger partial charge in [0.1, 0.15) is 12.2 Å². The van der Waals surface area contributed by atoms with Crippen LogP contribution in [0.3, 0.4) is 0 Å². The highest BCUT2D eigenvalue weighted by Crippen LogP contribution is 2.38. The monoisotopic (exact) mass is 317 g/mol. The molecule has 0 bridgehead atoms. The number of piperidine rings is 2. The maximum Gasteiger partial charge on any atom is 0.141 e. The smallest absolute Gasteiger partial charge is 0.141 e. The fourth-order valence-electron chi connectivity index (χ4n) is 4.65. The number of rotatable bonds is 3. The first-order valence-electron chi connectivity index (χ1n) is 9.40. The molecule has 5 nitrogen and oxygen atoms in total. The molecule has 2 aliphatic heterocycles. The Morgan fingerprint density at radius 1 is 1.13 bits per heavy atom. The maximum absolute atomic E-state index is 4.53. The molecule has 3 heterocycles. The van der Waals surface area contributed by atoms with Gasteiger partial charge in [0, 0.05) is 25.2 Å². The van der Waals surface area contributed by atoms with E-state index in [1.165, 1.54) is 51.7 Å². The SMILES string of the molecule is CC(C)(C)n1ncnc1CN1CC[C@H]2[C@H](CCCN2C2CC2)C1. The first-order chi connectivity index (χ1) is 11.0. The van der Waals surface area contributed by atoms with Crippen LogP contribution in [0.25, 0.3) is 0 Å². The zero-order valence-corrected chi connectivity index (χ0v) is 14.9. The first kappa shape index (κ1) is 15.6. The molecule has 1 aliphatic carbocycles. The molecule has 2 saturated heterocycles. The highest BCUT2D eigenvalue weighted by Gasteiger charge is 2.42. The van der Waals surface area contributed by atoms with Gasteiger partial charge in [-0.05, 0) is 65.3 Å². The Labute approximate surface area is 140 Å². The Hall–Kier alpha value is -0.940. The van der Waals surface area contributed by atoms with Gasteiger partial charge in [0.15, 0.2) is 0 Å². The van der Waals surface area contributed by atoms with Gasteiger partial charge in [-0.15, -0.1) is 0 Å². The van der Waals surface area contributed by atoms with Crippen molar-refractivity contribution in [2.24, 2.45) is 5.92 Å². The van der Waals surface area contributed by atoms with Crippen molar-refractivity contribution in [3.8, 4) is 0 Å². The first-order valence-corrected chi connectivity index (χ1v) is 9.40. The van der Waals surface area contributed by atoms with Gasteiger partial charge in [0.2, 0.25) is 0 Å². The Bertz CT molecular complexity index is 542. The predicted molar refractivity (Wildman–Crippen MR) is 91.2 cm³/mol. The number of fused-ring (bicyclic) bond motifs is 1. The summed E-state index contributed by atoms with van der Waals surface area (Å²) >= 11 is 0. The summed E-state index contributed by atoms with van der Waals surface area (Å²) in [4.78, 5) is 10.00. The lowest BCUT2D eigenvalue weighted by molar-refractivity contribution is 0.0139. The van der Waals surface area contributed by atoms with E-state index in [1.807, 2.05) is 0 Å². The highest BCUT2D eigenvalue weighted by atomic mass is 15.4. The summed E-state index contributed by atoms with van der Waals surface area (Å²) in [6, 6.07) is 1.78. The van der Waals surface area contributed by atoms with E-state index in [9.17, 15) is 0 Å². The molecular weight excluding hydrogens is 286 g/mol. The quantitative estimate of drug-likeness (QED) is 0.858. The van der Waals surface area contributed by atoms with Crippen molar-refractivity contribution in [1.29, 1.82) is 0 Å². The van der Waals surface area contributed by atoms with Gasteiger partial charge in [-0.3, -0.25) is 9.80 Å². The molecule has 0 N–H and O–H groups in total. The Balaban J connectivity index is 1.42. The number of hydrogen-bond acceptors (Lipinski definition) is 4. The summed E-state index contributed by atoms with van der Waals surface area (Å²) in [7, 11) is 0. The van der Waals surface area contributed by atoms with E-state index in [-0.39, 0.29) is 5.54 Å². The Morgan fingerprint density at radius 3 is 2.70 bits per heavy atom. The lowest BCUT2D eigenvalue weighted by atomic mass is 9.83. The van der Waals surface area contributed by atoms with Gasteiger partial charge >= 0.3 is 0 Å². The average molecular weight is 317 g/mol. The zero-order valence-electron chi connectivity index (χ0n) is 14.9. The van der Waals surface area contributed by atoms with E-state index in [0.29, 0.717) is 0 Å². The molecule has 3 fully saturated rings. The number of nitrogens with zero attached hydrogens (tertiary/aromatic N) is 5. The fourth-order valence-corrected chi connectivity index (χ4v) is 4.65. The number of likely N-dealkylation sites (tertiary alicyclic amines) is 2. The van der Waals surface area contributed by atoms with E-state index in [2.05, 4.69) is 45.3 Å². The topological polar surface area (TPSA) is 37.2 Å². The molecule has 0 aromatic carbocycles. The van der Waals surface area contributed by atoms with E-state index in [1.54, 1.807) is 6.33 Å². The Morgan fingerprint density at radius 2 is 1.96 bits per heavy atom. The minimum atomic E-state index is 0.0117. The second-order valence-corrected chi connectivity index (χ2v) is 8.72. The molecule has 4 rings (SSSR count). The minimum absolute atomic E-state index is 0.0117. The highest BCUT2D eigenvalue weighted by molar-refractivity contribution is 4.98. The molecule has 0 unspecified atom stereocenters. The molecule has 1 aromatic heterocycles. The Kier molecular flexibility index (Phi) is 3.96. The molecule has 128 valence electrons. The fraction of sp³-hybridized carbons (Fsp3) is 0.889. The molecule has 2 atom stereocenters. The molecule has 1 saturated carbocycles. The second kappa shape index (κ2) is 5.85. The van der Waals surface area contributed by atoms with Gasteiger partial charge < -0.3 is 0 Å². The van der Waals surface area contributed by atoms with Crippen LogP contribution >= 0.6 is 0 Å². The minimum Gasteiger partial charge on any atom is -0.297 e. The average Bonchev–Trinajstić information content (AvgIpc) is 3.24. The van der Waals surface area contributed by atoms with Crippen LogP contribution < -0.4 is 0 Å². The van der Waals surface area contributed by atoms with Gasteiger partial charge in [-0.2, -0.15) is 5.10 Å². The van der Waals surface area contributed by atoms with Crippen molar-refractivity contribution in [3.63, 3.8) is 0 Å². The van der Waals surface area contributed by atoms with Gasteiger partial charge in [0.05, 0.1) is 12.1 Å². The molecule has 1 aromatic rings. The lowest BCUT2D eigenvalue weighted by Crippen LogP contribution is -2.54.